The van der Waals surface area contributed by atoms with Crippen molar-refractivity contribution in [2.75, 3.05) is 18.2 Å². The molecule has 19 heavy (non-hydrogen) atoms. The van der Waals surface area contributed by atoms with E-state index < -0.39 is 17.2 Å². The molecule has 0 aromatic heterocycles. The molecule has 1 heterocycles. The van der Waals surface area contributed by atoms with E-state index in [2.05, 4.69) is 0 Å². The van der Waals surface area contributed by atoms with Crippen LogP contribution in [0.1, 0.15) is 25.7 Å². The van der Waals surface area contributed by atoms with Crippen LogP contribution in [0.2, 0.25) is 0 Å². The molecule has 0 aromatic rings. The van der Waals surface area contributed by atoms with Crippen molar-refractivity contribution >= 4 is 23.0 Å². The molecule has 1 unspecified atom stereocenters. The highest BCUT2D eigenvalue weighted by atomic mass is 32.2. The summed E-state index contributed by atoms with van der Waals surface area (Å²) in [6.07, 6.45) is 2.95. The fourth-order valence-electron chi connectivity index (χ4n) is 2.86. The first-order valence-corrected chi connectivity index (χ1v) is 8.16. The first-order chi connectivity index (χ1) is 8.99. The first kappa shape index (κ1) is 14.6. The molecular formula is C12H21N3O3S. The van der Waals surface area contributed by atoms with Crippen molar-refractivity contribution in [3.8, 4) is 0 Å². The second-order valence-electron chi connectivity index (χ2n) is 5.41. The highest BCUT2D eigenvalue weighted by Gasteiger charge is 2.36. The van der Waals surface area contributed by atoms with Gasteiger partial charge in [-0.25, -0.2) is 0 Å². The molecule has 2 amide bonds. The number of carbonyl (C=O) groups excluding carboxylic acids is 2. The van der Waals surface area contributed by atoms with Crippen LogP contribution < -0.4 is 11.5 Å². The molecule has 1 saturated carbocycles. The average molecular weight is 287 g/mol. The van der Waals surface area contributed by atoms with Gasteiger partial charge in [0.25, 0.3) is 0 Å². The van der Waals surface area contributed by atoms with Crippen LogP contribution in [0.15, 0.2) is 0 Å². The third-order valence-electron chi connectivity index (χ3n) is 4.17. The van der Waals surface area contributed by atoms with E-state index in [0.29, 0.717) is 31.0 Å². The number of primary amides is 1. The summed E-state index contributed by atoms with van der Waals surface area (Å²) in [6, 6.07) is -0.538. The Kier molecular flexibility index (Phi) is 4.70. The fourth-order valence-corrected chi connectivity index (χ4v) is 4.02. The highest BCUT2D eigenvalue weighted by molar-refractivity contribution is 7.91. The summed E-state index contributed by atoms with van der Waals surface area (Å²) in [4.78, 5) is 24.9. The van der Waals surface area contributed by atoms with Crippen molar-refractivity contribution in [2.45, 2.75) is 31.7 Å². The predicted octanol–water partition coefficient (Wildman–Crippen LogP) is -0.846. The molecule has 2 rings (SSSR count). The Hall–Kier alpha value is -0.790. The maximum atomic E-state index is 12.2. The lowest BCUT2D eigenvalue weighted by Gasteiger charge is -2.31. The zero-order chi connectivity index (χ0) is 14.0. The molecule has 108 valence electrons. The minimum atomic E-state index is -0.919. The smallest absolute Gasteiger partial charge is 0.243 e. The second-order valence-corrected chi connectivity index (χ2v) is 6.96. The van der Waals surface area contributed by atoms with E-state index in [1.165, 1.54) is 0 Å². The Balaban J connectivity index is 1.85. The molecule has 6 nitrogen and oxygen atoms in total. The maximum absolute atomic E-state index is 12.2. The van der Waals surface area contributed by atoms with Gasteiger partial charge >= 0.3 is 0 Å². The summed E-state index contributed by atoms with van der Waals surface area (Å²) >= 11 is -0.919. The van der Waals surface area contributed by atoms with Crippen LogP contribution in [0.3, 0.4) is 0 Å². The summed E-state index contributed by atoms with van der Waals surface area (Å²) in [6.45, 7) is 0.537. The van der Waals surface area contributed by atoms with Crippen molar-refractivity contribution < 1.29 is 14.1 Å². The topological polar surface area (TPSA) is 112 Å². The number of carbonyl (C=O) groups is 2. The van der Waals surface area contributed by atoms with Crippen LogP contribution in [0.4, 0.5) is 0 Å². The minimum Gasteiger partial charge on any atom is -0.615 e. The molecule has 2 aliphatic rings. The van der Waals surface area contributed by atoms with Crippen LogP contribution >= 0.6 is 0 Å². The van der Waals surface area contributed by atoms with E-state index in [0.717, 1.165) is 12.8 Å². The van der Waals surface area contributed by atoms with Gasteiger partial charge in [0, 0.05) is 5.92 Å². The summed E-state index contributed by atoms with van der Waals surface area (Å²) < 4.78 is 11.3. The lowest BCUT2D eigenvalue weighted by Crippen LogP contribution is -2.48. The summed E-state index contributed by atoms with van der Waals surface area (Å²) in [5.41, 5.74) is 11.3. The van der Waals surface area contributed by atoms with Gasteiger partial charge in [0.15, 0.2) is 5.88 Å². The van der Waals surface area contributed by atoms with Crippen molar-refractivity contribution in [3.63, 3.8) is 0 Å². The Bertz CT molecular complexity index is 358. The van der Waals surface area contributed by atoms with Gasteiger partial charge in [-0.05, 0) is 42.8 Å². The first-order valence-electron chi connectivity index (χ1n) is 6.67. The van der Waals surface area contributed by atoms with E-state index in [1.807, 2.05) is 0 Å². The van der Waals surface area contributed by atoms with Gasteiger partial charge < -0.3 is 16.0 Å². The highest BCUT2D eigenvalue weighted by Crippen LogP contribution is 2.30. The molecule has 1 saturated heterocycles. The Labute approximate surface area is 116 Å². The van der Waals surface area contributed by atoms with E-state index in [9.17, 15) is 14.1 Å². The average Bonchev–Trinajstić information content (AvgIpc) is 2.84. The quantitative estimate of drug-likeness (QED) is 0.658. The molecule has 1 aliphatic carbocycles. The van der Waals surface area contributed by atoms with Crippen molar-refractivity contribution in [3.05, 3.63) is 0 Å². The summed E-state index contributed by atoms with van der Waals surface area (Å²) in [5.74, 6) is 0.535. The monoisotopic (exact) mass is 287 g/mol. The normalized spacial score (nSPS) is 33.2. The van der Waals surface area contributed by atoms with E-state index in [4.69, 9.17) is 11.5 Å². The SMILES string of the molecule is NC(=O)[C@H]1CC[C@H]([C@H](N)C(=O)N2CC[S+]([O-])C2)CC1. The van der Waals surface area contributed by atoms with Gasteiger partial charge in [-0.2, -0.15) is 0 Å². The largest absolute Gasteiger partial charge is 0.615 e. The van der Waals surface area contributed by atoms with Crippen molar-refractivity contribution in [1.29, 1.82) is 0 Å². The predicted molar refractivity (Wildman–Crippen MR) is 72.2 cm³/mol. The van der Waals surface area contributed by atoms with Gasteiger partial charge in [0.1, 0.15) is 5.75 Å². The standard InChI is InChI=1S/C12H21N3O3S/c13-10(12(17)15-5-6-19(18)7-15)8-1-3-9(4-2-8)11(14)16/h8-10H,1-7,13H2,(H2,14,16)/t8-,9-,10-,19?/m0/s1. The molecular weight excluding hydrogens is 266 g/mol. The van der Waals surface area contributed by atoms with Gasteiger partial charge in [-0.3, -0.25) is 14.5 Å². The van der Waals surface area contributed by atoms with Crippen LogP contribution in [0.25, 0.3) is 0 Å². The van der Waals surface area contributed by atoms with Crippen molar-refractivity contribution in [1.82, 2.24) is 4.90 Å². The molecule has 0 aromatic carbocycles. The Morgan fingerprint density at radius 3 is 2.37 bits per heavy atom. The summed E-state index contributed by atoms with van der Waals surface area (Å²) in [7, 11) is 0. The Morgan fingerprint density at radius 2 is 1.89 bits per heavy atom. The molecule has 2 atom stereocenters. The van der Waals surface area contributed by atoms with E-state index >= 15 is 0 Å². The third kappa shape index (κ3) is 3.40. The van der Waals surface area contributed by atoms with E-state index in [-0.39, 0.29) is 23.7 Å². The zero-order valence-corrected chi connectivity index (χ0v) is 11.7. The van der Waals surface area contributed by atoms with Gasteiger partial charge in [-0.1, -0.05) is 0 Å². The zero-order valence-electron chi connectivity index (χ0n) is 10.9. The Morgan fingerprint density at radius 1 is 1.26 bits per heavy atom. The van der Waals surface area contributed by atoms with E-state index in [1.54, 1.807) is 4.90 Å². The number of amides is 2. The number of nitrogens with zero attached hydrogens (tertiary/aromatic N) is 1. The molecule has 0 radical (unpaired) electrons. The second kappa shape index (κ2) is 6.11. The number of hydrogen-bond acceptors (Lipinski definition) is 4. The minimum absolute atomic E-state index is 0.0714. The van der Waals surface area contributed by atoms with Gasteiger partial charge in [0.05, 0.1) is 12.6 Å². The fraction of sp³-hybridized carbons (Fsp3) is 0.833. The molecule has 2 fully saturated rings. The number of rotatable bonds is 3. The third-order valence-corrected chi connectivity index (χ3v) is 5.41. The van der Waals surface area contributed by atoms with Gasteiger partial charge in [0.2, 0.25) is 11.8 Å². The number of hydrogen-bond donors (Lipinski definition) is 2. The molecule has 0 bridgehead atoms. The van der Waals surface area contributed by atoms with Crippen molar-refractivity contribution in [2.24, 2.45) is 23.3 Å². The van der Waals surface area contributed by atoms with Crippen LogP contribution in [-0.2, 0) is 20.8 Å². The summed E-state index contributed by atoms with van der Waals surface area (Å²) in [5, 5.41) is 0. The maximum Gasteiger partial charge on any atom is 0.243 e. The van der Waals surface area contributed by atoms with Crippen LogP contribution in [-0.4, -0.2) is 45.5 Å². The van der Waals surface area contributed by atoms with Gasteiger partial charge in [-0.15, -0.1) is 0 Å². The number of nitrogens with two attached hydrogens (primary N) is 2. The van der Waals surface area contributed by atoms with Crippen LogP contribution in [0.5, 0.6) is 0 Å². The van der Waals surface area contributed by atoms with Crippen LogP contribution in [0, 0.1) is 11.8 Å². The lowest BCUT2D eigenvalue weighted by molar-refractivity contribution is -0.132. The lowest BCUT2D eigenvalue weighted by atomic mass is 9.78. The molecule has 1 aliphatic heterocycles. The molecule has 7 heteroatoms. The molecule has 4 N–H and O–H groups in total. The molecule has 0 spiro atoms.